The molecule has 2 aromatic carbocycles. The number of halogens is 1. The second-order valence-electron chi connectivity index (χ2n) is 8.79. The van der Waals surface area contributed by atoms with E-state index in [9.17, 15) is 0 Å². The Morgan fingerprint density at radius 1 is 0.917 bits per heavy atom. The lowest BCUT2D eigenvalue weighted by Crippen LogP contribution is -2.45. The van der Waals surface area contributed by atoms with E-state index < -0.39 is 0 Å². The number of piperazine rings is 1. The van der Waals surface area contributed by atoms with Crippen molar-refractivity contribution in [3.8, 4) is 11.5 Å². The molecule has 0 saturated carbocycles. The molecule has 0 aliphatic carbocycles. The molecule has 1 aliphatic heterocycles. The largest absolute Gasteiger partial charge is 0.456 e. The first-order chi connectivity index (χ1) is 17.5. The van der Waals surface area contributed by atoms with Crippen LogP contribution in [-0.4, -0.2) is 67.6 Å². The molecule has 0 spiro atoms. The van der Waals surface area contributed by atoms with Crippen molar-refractivity contribution >= 4 is 51.1 Å². The third kappa shape index (κ3) is 4.36. The molecule has 1 aliphatic rings. The zero-order valence-electron chi connectivity index (χ0n) is 19.9. The number of fused-ring (bicyclic) bond motifs is 2. The Labute approximate surface area is 212 Å². The molecule has 182 valence electrons. The van der Waals surface area contributed by atoms with E-state index in [2.05, 4.69) is 42.1 Å². The molecule has 1 saturated heterocycles. The summed E-state index contributed by atoms with van der Waals surface area (Å²) >= 11 is 6.57. The first kappa shape index (κ1) is 22.4. The van der Waals surface area contributed by atoms with Crippen LogP contribution in [0.2, 0.25) is 5.02 Å². The first-order valence-corrected chi connectivity index (χ1v) is 12.0. The topological polar surface area (TPSA) is 97.1 Å². The van der Waals surface area contributed by atoms with E-state index in [1.807, 2.05) is 41.9 Å². The molecule has 0 bridgehead atoms. The van der Waals surface area contributed by atoms with Crippen molar-refractivity contribution in [1.29, 1.82) is 0 Å². The van der Waals surface area contributed by atoms with Gasteiger partial charge in [0.1, 0.15) is 28.9 Å². The molecule has 1 fully saturated rings. The maximum Gasteiger partial charge on any atom is 0.226 e. The van der Waals surface area contributed by atoms with Gasteiger partial charge in [0.25, 0.3) is 0 Å². The monoisotopic (exact) mass is 501 g/mol. The summed E-state index contributed by atoms with van der Waals surface area (Å²) in [5, 5.41) is 3.79. The summed E-state index contributed by atoms with van der Waals surface area (Å²) in [6, 6.07) is 11.3. The third-order valence-electron chi connectivity index (χ3n) is 6.27. The number of likely N-dealkylation sites (N-methyl/N-ethyl adjacent to an activating group) is 1. The van der Waals surface area contributed by atoms with Gasteiger partial charge in [0.2, 0.25) is 5.95 Å². The normalized spacial score (nSPS) is 14.5. The van der Waals surface area contributed by atoms with Gasteiger partial charge in [-0.3, -0.25) is 0 Å². The van der Waals surface area contributed by atoms with E-state index in [1.54, 1.807) is 18.6 Å². The number of hydrogen-bond acceptors (Lipinski definition) is 9. The van der Waals surface area contributed by atoms with Gasteiger partial charge in [-0.05, 0) is 37.4 Å². The Morgan fingerprint density at radius 2 is 1.78 bits per heavy atom. The minimum atomic E-state index is 0.465. The van der Waals surface area contributed by atoms with Crippen LogP contribution >= 0.6 is 11.6 Å². The van der Waals surface area contributed by atoms with Crippen molar-refractivity contribution in [2.45, 2.75) is 0 Å². The van der Waals surface area contributed by atoms with Gasteiger partial charge in [0.05, 0.1) is 28.6 Å². The average molecular weight is 502 g/mol. The number of aromatic nitrogens is 6. The number of imidazole rings is 1. The van der Waals surface area contributed by atoms with Gasteiger partial charge in [-0.2, -0.15) is 0 Å². The van der Waals surface area contributed by atoms with E-state index in [0.29, 0.717) is 39.3 Å². The van der Waals surface area contributed by atoms with E-state index in [-0.39, 0.29) is 0 Å². The predicted molar refractivity (Wildman–Crippen MR) is 140 cm³/mol. The average Bonchev–Trinajstić information content (AvgIpc) is 3.26. The standard InChI is InChI=1S/C25H24ClN9O/c1-33-7-9-35(10-8-33)25-27-13-20-23(32-25)24(29-14-28-20)31-16-3-6-22(18(26)11-16)36-17-4-5-21-19(12-17)30-15-34(21)2/h3-6,11-15H,7-10H2,1-2H3,(H,28,29,31). The number of aryl methyl sites for hydroxylation is 1. The third-order valence-corrected chi connectivity index (χ3v) is 6.57. The van der Waals surface area contributed by atoms with Crippen LogP contribution in [-0.2, 0) is 7.05 Å². The summed E-state index contributed by atoms with van der Waals surface area (Å²) in [6.45, 7) is 3.70. The van der Waals surface area contributed by atoms with Gasteiger partial charge < -0.3 is 24.4 Å². The Balaban J connectivity index is 1.24. The van der Waals surface area contributed by atoms with Crippen LogP contribution in [0.3, 0.4) is 0 Å². The van der Waals surface area contributed by atoms with Gasteiger partial charge in [-0.1, -0.05) is 11.6 Å². The molecular weight excluding hydrogens is 478 g/mol. The fourth-order valence-electron chi connectivity index (χ4n) is 4.20. The zero-order chi connectivity index (χ0) is 24.6. The van der Waals surface area contributed by atoms with Gasteiger partial charge in [0, 0.05) is 45.0 Å². The quantitative estimate of drug-likeness (QED) is 0.379. The van der Waals surface area contributed by atoms with Crippen molar-refractivity contribution < 1.29 is 4.74 Å². The van der Waals surface area contributed by atoms with E-state index >= 15 is 0 Å². The number of hydrogen-bond donors (Lipinski definition) is 1. The fraction of sp³-hybridized carbons (Fsp3) is 0.240. The minimum absolute atomic E-state index is 0.465. The summed E-state index contributed by atoms with van der Waals surface area (Å²) in [4.78, 5) is 26.9. The number of anilines is 3. The molecule has 1 N–H and O–H groups in total. The van der Waals surface area contributed by atoms with Crippen LogP contribution in [0.15, 0.2) is 55.2 Å². The Hall–Kier alpha value is -4.02. The second kappa shape index (κ2) is 9.21. The van der Waals surface area contributed by atoms with Crippen molar-refractivity contribution in [3.05, 3.63) is 60.3 Å². The molecule has 0 unspecified atom stereocenters. The molecule has 5 aromatic rings. The molecule has 10 nitrogen and oxygen atoms in total. The first-order valence-electron chi connectivity index (χ1n) is 11.6. The SMILES string of the molecule is CN1CCN(c2ncc3ncnc(Nc4ccc(Oc5ccc6c(c5)ncn6C)c(Cl)c4)c3n2)CC1. The minimum Gasteiger partial charge on any atom is -0.456 e. The molecule has 0 amide bonds. The highest BCUT2D eigenvalue weighted by Crippen LogP contribution is 2.34. The maximum absolute atomic E-state index is 6.57. The lowest BCUT2D eigenvalue weighted by atomic mass is 10.2. The van der Waals surface area contributed by atoms with E-state index in [0.717, 1.165) is 42.9 Å². The lowest BCUT2D eigenvalue weighted by Gasteiger charge is -2.32. The van der Waals surface area contributed by atoms with Gasteiger partial charge in [-0.15, -0.1) is 0 Å². The lowest BCUT2D eigenvalue weighted by molar-refractivity contribution is 0.311. The number of benzene rings is 2. The molecule has 4 heterocycles. The summed E-state index contributed by atoms with van der Waals surface area (Å²) in [6.07, 6.45) is 5.01. The molecule has 6 rings (SSSR count). The van der Waals surface area contributed by atoms with Crippen molar-refractivity contribution in [1.82, 2.24) is 34.4 Å². The Kier molecular flexibility index (Phi) is 5.74. The fourth-order valence-corrected chi connectivity index (χ4v) is 4.42. The van der Waals surface area contributed by atoms with Crippen LogP contribution in [0.5, 0.6) is 11.5 Å². The molecular formula is C25H24ClN9O. The number of ether oxygens (including phenoxy) is 1. The van der Waals surface area contributed by atoms with Crippen LogP contribution in [0, 0.1) is 0 Å². The van der Waals surface area contributed by atoms with Crippen LogP contribution in [0.25, 0.3) is 22.1 Å². The highest BCUT2D eigenvalue weighted by atomic mass is 35.5. The predicted octanol–water partition coefficient (Wildman–Crippen LogP) is 4.25. The molecule has 0 atom stereocenters. The van der Waals surface area contributed by atoms with Gasteiger partial charge in [0.15, 0.2) is 5.82 Å². The van der Waals surface area contributed by atoms with Crippen molar-refractivity contribution in [3.63, 3.8) is 0 Å². The van der Waals surface area contributed by atoms with Crippen LogP contribution < -0.4 is 15.0 Å². The number of nitrogens with one attached hydrogen (secondary N) is 1. The van der Waals surface area contributed by atoms with Crippen LogP contribution in [0.4, 0.5) is 17.5 Å². The highest BCUT2D eigenvalue weighted by molar-refractivity contribution is 6.32. The summed E-state index contributed by atoms with van der Waals surface area (Å²) in [5.41, 5.74) is 3.97. The Bertz CT molecular complexity index is 1560. The van der Waals surface area contributed by atoms with Crippen LogP contribution in [0.1, 0.15) is 0 Å². The summed E-state index contributed by atoms with van der Waals surface area (Å²) < 4.78 is 7.99. The Morgan fingerprint density at radius 3 is 2.61 bits per heavy atom. The smallest absolute Gasteiger partial charge is 0.226 e. The molecule has 11 heteroatoms. The molecule has 3 aromatic heterocycles. The number of nitrogens with zero attached hydrogens (tertiary/aromatic N) is 8. The highest BCUT2D eigenvalue weighted by Gasteiger charge is 2.18. The molecule has 0 radical (unpaired) electrons. The molecule has 36 heavy (non-hydrogen) atoms. The maximum atomic E-state index is 6.57. The van der Waals surface area contributed by atoms with Crippen molar-refractivity contribution in [2.24, 2.45) is 7.05 Å². The summed E-state index contributed by atoms with van der Waals surface area (Å²) in [7, 11) is 4.08. The van der Waals surface area contributed by atoms with Gasteiger partial charge >= 0.3 is 0 Å². The number of rotatable bonds is 5. The second-order valence-corrected chi connectivity index (χ2v) is 9.20. The zero-order valence-corrected chi connectivity index (χ0v) is 20.6. The van der Waals surface area contributed by atoms with E-state index in [1.165, 1.54) is 6.33 Å². The van der Waals surface area contributed by atoms with Gasteiger partial charge in [-0.25, -0.2) is 24.9 Å². The van der Waals surface area contributed by atoms with Crippen molar-refractivity contribution in [2.75, 3.05) is 43.4 Å². The van der Waals surface area contributed by atoms with E-state index in [4.69, 9.17) is 21.3 Å². The summed E-state index contributed by atoms with van der Waals surface area (Å²) in [5.74, 6) is 2.48.